The lowest BCUT2D eigenvalue weighted by molar-refractivity contribution is -0.136. The number of hydrogen-bond donors (Lipinski definition) is 3. The Morgan fingerprint density at radius 2 is 1.56 bits per heavy atom. The highest BCUT2D eigenvalue weighted by Crippen LogP contribution is 2.28. The molecule has 0 spiro atoms. The monoisotopic (exact) mass is 531 g/mol. The Bertz CT molecular complexity index is 1350. The fourth-order valence-electron chi connectivity index (χ4n) is 5.14. The van der Waals surface area contributed by atoms with E-state index in [-0.39, 0.29) is 36.4 Å². The molecule has 0 saturated carbocycles. The van der Waals surface area contributed by atoms with Crippen molar-refractivity contribution < 1.29 is 28.8 Å². The van der Waals surface area contributed by atoms with Gasteiger partial charge in [0.2, 0.25) is 11.8 Å². The Balaban J connectivity index is 1.17. The first-order valence-corrected chi connectivity index (χ1v) is 13.1. The quantitative estimate of drug-likeness (QED) is 0.506. The maximum absolute atomic E-state index is 13.0. The van der Waals surface area contributed by atoms with E-state index < -0.39 is 35.7 Å². The Morgan fingerprint density at radius 3 is 2.26 bits per heavy atom. The van der Waals surface area contributed by atoms with Gasteiger partial charge in [-0.15, -0.1) is 0 Å². The minimum Gasteiger partial charge on any atom is -0.339 e. The van der Waals surface area contributed by atoms with Crippen molar-refractivity contribution in [2.75, 3.05) is 18.4 Å². The molecule has 0 radical (unpaired) electrons. The molecule has 202 valence electrons. The van der Waals surface area contributed by atoms with Crippen LogP contribution in [0.15, 0.2) is 42.5 Å². The number of anilines is 1. The normalized spacial score (nSPS) is 19.3. The Kier molecular flexibility index (Phi) is 7.40. The maximum atomic E-state index is 13.0. The van der Waals surface area contributed by atoms with Crippen LogP contribution in [0.25, 0.3) is 0 Å². The van der Waals surface area contributed by atoms with Gasteiger partial charge >= 0.3 is 6.03 Å². The van der Waals surface area contributed by atoms with Crippen molar-refractivity contribution in [2.45, 2.75) is 51.1 Å². The van der Waals surface area contributed by atoms with Crippen molar-refractivity contribution in [3.63, 3.8) is 0 Å². The summed E-state index contributed by atoms with van der Waals surface area (Å²) in [5.41, 5.74) is 2.01. The molecule has 2 aromatic carbocycles. The lowest BCUT2D eigenvalue weighted by Gasteiger charge is -2.27. The van der Waals surface area contributed by atoms with Gasteiger partial charge < -0.3 is 15.5 Å². The molecule has 0 bridgehead atoms. The molecule has 0 aromatic heterocycles. The number of fused-ring (bicyclic) bond motifs is 1. The molecule has 3 aliphatic rings. The molecule has 39 heavy (non-hydrogen) atoms. The number of rotatable bonds is 5. The van der Waals surface area contributed by atoms with Crippen molar-refractivity contribution in [2.24, 2.45) is 0 Å². The molecule has 1 unspecified atom stereocenters. The van der Waals surface area contributed by atoms with Crippen LogP contribution in [0.1, 0.15) is 75.2 Å². The zero-order valence-electron chi connectivity index (χ0n) is 21.3. The van der Waals surface area contributed by atoms with Gasteiger partial charge in [0, 0.05) is 37.3 Å². The van der Waals surface area contributed by atoms with Crippen LogP contribution in [0, 0.1) is 0 Å². The van der Waals surface area contributed by atoms with Gasteiger partial charge in [-0.25, -0.2) is 4.79 Å². The summed E-state index contributed by atoms with van der Waals surface area (Å²) < 4.78 is 0. The van der Waals surface area contributed by atoms with Crippen LogP contribution in [0.4, 0.5) is 10.5 Å². The number of nitrogens with one attached hydrogen (secondary N) is 3. The third-order valence-electron chi connectivity index (χ3n) is 7.24. The zero-order chi connectivity index (χ0) is 27.5. The third-order valence-corrected chi connectivity index (χ3v) is 7.24. The Hall–Kier alpha value is -4.54. The smallest absolute Gasteiger partial charge is 0.319 e. The van der Waals surface area contributed by atoms with E-state index in [2.05, 4.69) is 16.0 Å². The summed E-state index contributed by atoms with van der Waals surface area (Å²) in [6, 6.07) is 9.87. The molecule has 3 N–H and O–H groups in total. The van der Waals surface area contributed by atoms with E-state index in [1.165, 1.54) is 12.1 Å². The number of benzene rings is 2. The molecule has 11 heteroatoms. The fourth-order valence-corrected chi connectivity index (χ4v) is 5.14. The van der Waals surface area contributed by atoms with E-state index in [0.29, 0.717) is 16.8 Å². The molecule has 5 rings (SSSR count). The number of carbonyl (C=O) groups is 6. The van der Waals surface area contributed by atoms with Crippen LogP contribution >= 0.6 is 0 Å². The summed E-state index contributed by atoms with van der Waals surface area (Å²) in [5, 5.41) is 7.60. The van der Waals surface area contributed by atoms with E-state index in [4.69, 9.17) is 0 Å². The summed E-state index contributed by atoms with van der Waals surface area (Å²) in [6.07, 6.45) is 4.44. The zero-order valence-corrected chi connectivity index (χ0v) is 21.3. The van der Waals surface area contributed by atoms with E-state index >= 15 is 0 Å². The van der Waals surface area contributed by atoms with E-state index in [1.54, 1.807) is 30.3 Å². The first-order valence-electron chi connectivity index (χ1n) is 13.1. The largest absolute Gasteiger partial charge is 0.339 e. The van der Waals surface area contributed by atoms with E-state index in [1.807, 2.05) is 4.90 Å². The van der Waals surface area contributed by atoms with Gasteiger partial charge in [0.1, 0.15) is 6.04 Å². The molecule has 2 aromatic rings. The lowest BCUT2D eigenvalue weighted by atomic mass is 10.0. The minimum absolute atomic E-state index is 0.00582. The second-order valence-electron chi connectivity index (χ2n) is 9.92. The molecule has 0 aliphatic carbocycles. The second-order valence-corrected chi connectivity index (χ2v) is 9.92. The number of nitrogens with zero attached hydrogens (tertiary/aromatic N) is 2. The number of urea groups is 1. The van der Waals surface area contributed by atoms with Crippen molar-refractivity contribution in [3.05, 3.63) is 64.7 Å². The minimum atomic E-state index is -1.03. The summed E-state index contributed by atoms with van der Waals surface area (Å²) in [7, 11) is 0. The van der Waals surface area contributed by atoms with Gasteiger partial charge in [0.05, 0.1) is 11.1 Å². The molecule has 1 atom stereocenters. The van der Waals surface area contributed by atoms with Gasteiger partial charge in [-0.05, 0) is 61.2 Å². The van der Waals surface area contributed by atoms with E-state index in [9.17, 15) is 28.8 Å². The summed E-state index contributed by atoms with van der Waals surface area (Å²) in [6.45, 7) is 1.61. The Morgan fingerprint density at radius 1 is 0.872 bits per heavy atom. The van der Waals surface area contributed by atoms with Crippen LogP contribution in [0.2, 0.25) is 0 Å². The first kappa shape index (κ1) is 26.1. The second kappa shape index (κ2) is 11.1. The highest BCUT2D eigenvalue weighted by Gasteiger charge is 2.44. The van der Waals surface area contributed by atoms with Crippen molar-refractivity contribution in [1.82, 2.24) is 20.4 Å². The van der Waals surface area contributed by atoms with Crippen LogP contribution in [0.3, 0.4) is 0 Å². The van der Waals surface area contributed by atoms with Crippen LogP contribution in [-0.2, 0) is 16.1 Å². The van der Waals surface area contributed by atoms with Gasteiger partial charge in [0.15, 0.2) is 0 Å². The standard InChI is InChI=1S/C28H29N5O6/c34-23-12-11-22(24(35)31-23)33-26(37)20-10-5-17(15-21(20)27(33)38)16-29-28(39)30-19-8-6-18(7-9-19)25(36)32-13-3-1-2-4-14-32/h5-10,15,22H,1-4,11-14,16H2,(H2,29,30,39)(H,31,34,35). The SMILES string of the molecule is O=C1CCC(N2C(=O)c3ccc(CNC(=O)Nc4ccc(C(=O)N5CCCCCC5)cc4)cc3C2=O)C(=O)N1. The van der Waals surface area contributed by atoms with Crippen molar-refractivity contribution in [1.29, 1.82) is 0 Å². The summed E-state index contributed by atoms with van der Waals surface area (Å²) in [5.74, 6) is -2.30. The predicted molar refractivity (Wildman–Crippen MR) is 140 cm³/mol. The summed E-state index contributed by atoms with van der Waals surface area (Å²) in [4.78, 5) is 77.4. The van der Waals surface area contributed by atoms with Crippen LogP contribution in [0.5, 0.6) is 0 Å². The average Bonchev–Trinajstić information content (AvgIpc) is 3.10. The molecule has 7 amide bonds. The van der Waals surface area contributed by atoms with Crippen molar-refractivity contribution >= 4 is 41.3 Å². The molecular formula is C28H29N5O6. The number of amides is 7. The molecule has 11 nitrogen and oxygen atoms in total. The Labute approximate surface area is 224 Å². The summed E-state index contributed by atoms with van der Waals surface area (Å²) >= 11 is 0. The van der Waals surface area contributed by atoms with Gasteiger partial charge in [-0.2, -0.15) is 0 Å². The third kappa shape index (κ3) is 5.52. The number of carbonyl (C=O) groups excluding carboxylic acids is 6. The average molecular weight is 532 g/mol. The molecule has 3 aliphatic heterocycles. The van der Waals surface area contributed by atoms with E-state index in [0.717, 1.165) is 43.7 Å². The number of piperidine rings is 1. The highest BCUT2D eigenvalue weighted by molar-refractivity contribution is 6.23. The first-order chi connectivity index (χ1) is 18.8. The van der Waals surface area contributed by atoms with Gasteiger partial charge in [0.25, 0.3) is 17.7 Å². The fraction of sp³-hybridized carbons (Fsp3) is 0.357. The van der Waals surface area contributed by atoms with Gasteiger partial charge in [-0.1, -0.05) is 18.9 Å². The van der Waals surface area contributed by atoms with Gasteiger partial charge in [-0.3, -0.25) is 34.2 Å². The molecular weight excluding hydrogens is 502 g/mol. The highest BCUT2D eigenvalue weighted by atomic mass is 16.2. The lowest BCUT2D eigenvalue weighted by Crippen LogP contribution is -2.54. The number of imide groups is 2. The molecule has 3 heterocycles. The number of likely N-dealkylation sites (tertiary alicyclic amines) is 1. The maximum Gasteiger partial charge on any atom is 0.319 e. The van der Waals surface area contributed by atoms with Crippen LogP contribution in [-0.4, -0.2) is 64.5 Å². The predicted octanol–water partition coefficient (Wildman–Crippen LogP) is 2.43. The topological polar surface area (TPSA) is 145 Å². The van der Waals surface area contributed by atoms with Crippen LogP contribution < -0.4 is 16.0 Å². The van der Waals surface area contributed by atoms with Crippen molar-refractivity contribution in [3.8, 4) is 0 Å². The molecule has 2 saturated heterocycles. The molecule has 2 fully saturated rings. The number of hydrogen-bond acceptors (Lipinski definition) is 6.